The van der Waals surface area contributed by atoms with Crippen LogP contribution in [0.1, 0.15) is 17.5 Å². The number of benzene rings is 1. The van der Waals surface area contributed by atoms with Crippen molar-refractivity contribution in [2.45, 2.75) is 6.92 Å². The molecular formula is C11H8FN3O5. The molecule has 0 amide bonds. The first-order chi connectivity index (χ1) is 9.52. The molecule has 2 aromatic rings. The van der Waals surface area contributed by atoms with Crippen molar-refractivity contribution in [3.63, 3.8) is 0 Å². The van der Waals surface area contributed by atoms with Gasteiger partial charge in [0.1, 0.15) is 11.4 Å². The van der Waals surface area contributed by atoms with E-state index in [0.717, 1.165) is 18.2 Å². The number of aromatic nitrogens is 2. The fourth-order valence-corrected chi connectivity index (χ4v) is 1.45. The summed E-state index contributed by atoms with van der Waals surface area (Å²) in [6, 6.07) is 2.86. The van der Waals surface area contributed by atoms with Crippen LogP contribution in [-0.2, 0) is 4.74 Å². The van der Waals surface area contributed by atoms with Crippen molar-refractivity contribution >= 4 is 11.7 Å². The minimum absolute atomic E-state index is 0.0838. The number of halogens is 1. The van der Waals surface area contributed by atoms with Gasteiger partial charge in [0.05, 0.1) is 17.6 Å². The molecule has 0 unspecified atom stereocenters. The fourth-order valence-electron chi connectivity index (χ4n) is 1.45. The van der Waals surface area contributed by atoms with E-state index >= 15 is 0 Å². The Kier molecular flexibility index (Phi) is 3.69. The molecule has 0 bridgehead atoms. The average Bonchev–Trinajstić information content (AvgIpc) is 2.88. The van der Waals surface area contributed by atoms with Crippen LogP contribution in [0.3, 0.4) is 0 Å². The molecule has 0 aliphatic heterocycles. The van der Waals surface area contributed by atoms with Gasteiger partial charge in [-0.25, -0.2) is 9.18 Å². The zero-order valence-electron chi connectivity index (χ0n) is 10.2. The van der Waals surface area contributed by atoms with Crippen LogP contribution < -0.4 is 0 Å². The monoisotopic (exact) mass is 281 g/mol. The van der Waals surface area contributed by atoms with E-state index in [2.05, 4.69) is 14.9 Å². The number of ether oxygens (including phenoxy) is 1. The Hall–Kier alpha value is -2.84. The van der Waals surface area contributed by atoms with E-state index in [9.17, 15) is 19.3 Å². The van der Waals surface area contributed by atoms with Crippen molar-refractivity contribution in [1.29, 1.82) is 0 Å². The molecule has 0 radical (unpaired) electrons. The topological polar surface area (TPSA) is 108 Å². The molecule has 8 nitrogen and oxygen atoms in total. The molecule has 1 heterocycles. The van der Waals surface area contributed by atoms with Gasteiger partial charge < -0.3 is 9.26 Å². The molecule has 2 rings (SSSR count). The number of rotatable bonds is 4. The van der Waals surface area contributed by atoms with Crippen molar-refractivity contribution in [3.05, 3.63) is 40.0 Å². The molecule has 9 heteroatoms. The van der Waals surface area contributed by atoms with Gasteiger partial charge in [-0.1, -0.05) is 0 Å². The summed E-state index contributed by atoms with van der Waals surface area (Å²) in [5, 5.41) is 14.2. The predicted molar refractivity (Wildman–Crippen MR) is 62.3 cm³/mol. The molecule has 1 aromatic heterocycles. The molecule has 0 fully saturated rings. The summed E-state index contributed by atoms with van der Waals surface area (Å²) in [5.41, 5.74) is -0.622. The highest BCUT2D eigenvalue weighted by molar-refractivity contribution is 5.85. The first kappa shape index (κ1) is 13.6. The van der Waals surface area contributed by atoms with E-state index in [1.165, 1.54) is 0 Å². The Bertz CT molecular complexity index is 670. The van der Waals surface area contributed by atoms with Crippen LogP contribution in [0.2, 0.25) is 0 Å². The van der Waals surface area contributed by atoms with Crippen LogP contribution >= 0.6 is 0 Å². The minimum Gasteiger partial charge on any atom is -0.460 e. The Labute approximate surface area is 111 Å². The van der Waals surface area contributed by atoms with E-state index in [-0.39, 0.29) is 23.9 Å². The normalized spacial score (nSPS) is 10.3. The van der Waals surface area contributed by atoms with Gasteiger partial charge in [-0.3, -0.25) is 10.1 Å². The summed E-state index contributed by atoms with van der Waals surface area (Å²) < 4.78 is 22.4. The largest absolute Gasteiger partial charge is 0.460 e. The van der Waals surface area contributed by atoms with Gasteiger partial charge in [0.2, 0.25) is 0 Å². The lowest BCUT2D eigenvalue weighted by atomic mass is 10.2. The zero-order valence-corrected chi connectivity index (χ0v) is 10.2. The van der Waals surface area contributed by atoms with Crippen molar-refractivity contribution in [2.24, 2.45) is 0 Å². The second-order valence-electron chi connectivity index (χ2n) is 3.56. The highest BCUT2D eigenvalue weighted by Gasteiger charge is 2.23. The third-order valence-electron chi connectivity index (χ3n) is 2.27. The average molecular weight is 281 g/mol. The summed E-state index contributed by atoms with van der Waals surface area (Å²) in [5.74, 6) is -2.21. The summed E-state index contributed by atoms with van der Waals surface area (Å²) in [6.07, 6.45) is 0. The minimum atomic E-state index is -0.813. The van der Waals surface area contributed by atoms with Gasteiger partial charge in [0.15, 0.2) is 0 Å². The second-order valence-corrected chi connectivity index (χ2v) is 3.56. The lowest BCUT2D eigenvalue weighted by Crippen LogP contribution is -2.06. The highest BCUT2D eigenvalue weighted by atomic mass is 19.1. The standard InChI is InChI=1S/C11H8FN3O5/c1-2-19-11(16)9-13-10(20-14-9)7-4-3-6(12)5-8(7)15(17)18/h3-5H,2H2,1H3. The van der Waals surface area contributed by atoms with Crippen molar-refractivity contribution < 1.29 is 23.4 Å². The van der Waals surface area contributed by atoms with Crippen LogP contribution in [0.5, 0.6) is 0 Å². The second kappa shape index (κ2) is 5.43. The number of carbonyl (C=O) groups excluding carboxylic acids is 1. The highest BCUT2D eigenvalue weighted by Crippen LogP contribution is 2.29. The van der Waals surface area contributed by atoms with Crippen LogP contribution in [0.4, 0.5) is 10.1 Å². The Morgan fingerprint density at radius 3 is 2.95 bits per heavy atom. The third kappa shape index (κ3) is 2.60. The van der Waals surface area contributed by atoms with Crippen LogP contribution in [0.15, 0.2) is 22.7 Å². The number of hydrogen-bond donors (Lipinski definition) is 0. The molecule has 0 aliphatic rings. The molecule has 20 heavy (non-hydrogen) atoms. The summed E-state index contributed by atoms with van der Waals surface area (Å²) >= 11 is 0. The van der Waals surface area contributed by atoms with Crippen molar-refractivity contribution in [1.82, 2.24) is 10.1 Å². The maximum atomic E-state index is 13.0. The van der Waals surface area contributed by atoms with Crippen LogP contribution in [-0.4, -0.2) is 27.6 Å². The van der Waals surface area contributed by atoms with Gasteiger partial charge in [0, 0.05) is 0 Å². The molecule has 0 saturated heterocycles. The molecule has 0 spiro atoms. The van der Waals surface area contributed by atoms with E-state index < -0.39 is 22.4 Å². The number of nitrogens with zero attached hydrogens (tertiary/aromatic N) is 3. The van der Waals surface area contributed by atoms with Gasteiger partial charge in [-0.05, 0) is 24.2 Å². The quantitative estimate of drug-likeness (QED) is 0.478. The first-order valence-electron chi connectivity index (χ1n) is 5.48. The molecule has 0 atom stereocenters. The summed E-state index contributed by atoms with van der Waals surface area (Å²) in [7, 11) is 0. The Morgan fingerprint density at radius 1 is 1.55 bits per heavy atom. The lowest BCUT2D eigenvalue weighted by Gasteiger charge is -1.97. The van der Waals surface area contributed by atoms with Crippen molar-refractivity contribution in [3.8, 4) is 11.5 Å². The molecule has 1 aromatic carbocycles. The number of nitro groups is 1. The number of carbonyl (C=O) groups is 1. The van der Waals surface area contributed by atoms with Crippen LogP contribution in [0.25, 0.3) is 11.5 Å². The maximum absolute atomic E-state index is 13.0. The molecule has 0 aliphatic carbocycles. The van der Waals surface area contributed by atoms with E-state index in [1.807, 2.05) is 0 Å². The zero-order chi connectivity index (χ0) is 14.7. The fraction of sp³-hybridized carbons (Fsp3) is 0.182. The summed E-state index contributed by atoms with van der Waals surface area (Å²) in [4.78, 5) is 25.1. The van der Waals surface area contributed by atoms with Gasteiger partial charge in [0.25, 0.3) is 17.4 Å². The lowest BCUT2D eigenvalue weighted by molar-refractivity contribution is -0.384. The maximum Gasteiger partial charge on any atom is 0.379 e. The van der Waals surface area contributed by atoms with E-state index in [1.54, 1.807) is 6.92 Å². The number of nitro benzene ring substituents is 1. The third-order valence-corrected chi connectivity index (χ3v) is 2.27. The van der Waals surface area contributed by atoms with Gasteiger partial charge in [-0.15, -0.1) is 0 Å². The first-order valence-corrected chi connectivity index (χ1v) is 5.48. The smallest absolute Gasteiger partial charge is 0.379 e. The van der Waals surface area contributed by atoms with E-state index in [0.29, 0.717) is 0 Å². The Balaban J connectivity index is 2.42. The number of hydrogen-bond acceptors (Lipinski definition) is 7. The molecule has 0 N–H and O–H groups in total. The Morgan fingerprint density at radius 2 is 2.30 bits per heavy atom. The SMILES string of the molecule is CCOC(=O)c1noc(-c2ccc(F)cc2[N+](=O)[O-])n1. The summed E-state index contributed by atoms with van der Waals surface area (Å²) in [6.45, 7) is 1.73. The van der Waals surface area contributed by atoms with E-state index in [4.69, 9.17) is 4.52 Å². The molecule has 104 valence electrons. The predicted octanol–water partition coefficient (Wildman–Crippen LogP) is 1.96. The molecular weight excluding hydrogens is 273 g/mol. The van der Waals surface area contributed by atoms with Gasteiger partial charge >= 0.3 is 5.97 Å². The number of esters is 1. The molecule has 0 saturated carbocycles. The van der Waals surface area contributed by atoms with Gasteiger partial charge in [-0.2, -0.15) is 4.98 Å². The van der Waals surface area contributed by atoms with Crippen LogP contribution in [0, 0.1) is 15.9 Å². The van der Waals surface area contributed by atoms with Crippen molar-refractivity contribution in [2.75, 3.05) is 6.61 Å².